The van der Waals surface area contributed by atoms with Crippen LogP contribution in [-0.2, 0) is 6.54 Å². The third kappa shape index (κ3) is 2.61. The van der Waals surface area contributed by atoms with E-state index >= 15 is 0 Å². The fourth-order valence-corrected chi connectivity index (χ4v) is 2.80. The summed E-state index contributed by atoms with van der Waals surface area (Å²) in [4.78, 5) is 2.55. The average Bonchev–Trinajstić information content (AvgIpc) is 2.40. The molecule has 0 bridgehead atoms. The fraction of sp³-hybridized carbons (Fsp3) is 0.600. The number of benzene rings is 1. The summed E-state index contributed by atoms with van der Waals surface area (Å²) < 4.78 is 5.80. The predicted molar refractivity (Wildman–Crippen MR) is 74.1 cm³/mol. The number of nitrogens with one attached hydrogen (secondary N) is 1. The average molecular weight is 246 g/mol. The van der Waals surface area contributed by atoms with Crippen molar-refractivity contribution in [3.8, 4) is 5.75 Å². The van der Waals surface area contributed by atoms with Gasteiger partial charge >= 0.3 is 0 Å². The lowest BCUT2D eigenvalue weighted by Gasteiger charge is -2.28. The van der Waals surface area contributed by atoms with E-state index in [9.17, 15) is 0 Å². The Hall–Kier alpha value is -1.22. The van der Waals surface area contributed by atoms with Gasteiger partial charge in [0.15, 0.2) is 0 Å². The molecule has 0 amide bonds. The zero-order valence-electron chi connectivity index (χ0n) is 11.1. The molecule has 0 saturated carbocycles. The van der Waals surface area contributed by atoms with Gasteiger partial charge in [0.1, 0.15) is 11.9 Å². The fourth-order valence-electron chi connectivity index (χ4n) is 2.80. The molecule has 1 unspecified atom stereocenters. The summed E-state index contributed by atoms with van der Waals surface area (Å²) in [6, 6.07) is 6.56. The van der Waals surface area contributed by atoms with E-state index in [4.69, 9.17) is 4.74 Å². The van der Waals surface area contributed by atoms with E-state index in [1.54, 1.807) is 0 Å². The summed E-state index contributed by atoms with van der Waals surface area (Å²) in [5, 5.41) is 3.45. The van der Waals surface area contributed by atoms with Gasteiger partial charge in [-0.25, -0.2) is 0 Å². The Morgan fingerprint density at radius 2 is 2.11 bits per heavy atom. The number of anilines is 1. The molecule has 0 aliphatic carbocycles. The lowest BCUT2D eigenvalue weighted by atomic mass is 10.1. The van der Waals surface area contributed by atoms with Gasteiger partial charge in [-0.15, -0.1) is 0 Å². The molecule has 2 aliphatic rings. The lowest BCUT2D eigenvalue weighted by Crippen LogP contribution is -2.30. The molecule has 0 spiro atoms. The molecular weight excluding hydrogens is 224 g/mol. The minimum absolute atomic E-state index is 0.269. The topological polar surface area (TPSA) is 24.5 Å². The first-order valence-corrected chi connectivity index (χ1v) is 7.07. The Bertz CT molecular complexity index is 413. The third-order valence-corrected chi connectivity index (χ3v) is 3.81. The number of likely N-dealkylation sites (tertiary alicyclic amines) is 1. The molecule has 1 N–H and O–H groups in total. The Morgan fingerprint density at radius 1 is 1.28 bits per heavy atom. The van der Waals surface area contributed by atoms with Crippen molar-refractivity contribution in [3.63, 3.8) is 0 Å². The predicted octanol–water partition coefficient (Wildman–Crippen LogP) is 2.87. The van der Waals surface area contributed by atoms with E-state index < -0.39 is 0 Å². The molecule has 3 nitrogen and oxygen atoms in total. The smallest absolute Gasteiger partial charge is 0.142 e. The Balaban J connectivity index is 1.69. The summed E-state index contributed by atoms with van der Waals surface area (Å²) in [6.07, 6.45) is 4.37. The maximum Gasteiger partial charge on any atom is 0.142 e. The zero-order valence-corrected chi connectivity index (χ0v) is 11.1. The molecular formula is C15H22N2O. The molecule has 1 aromatic carbocycles. The summed E-state index contributed by atoms with van der Waals surface area (Å²) in [7, 11) is 0. The molecule has 2 heterocycles. The molecule has 1 aromatic rings. The maximum absolute atomic E-state index is 5.80. The minimum Gasteiger partial charge on any atom is -0.487 e. The SMILES string of the molecule is CC1CNc2cc(CN3CCCCC3)ccc2O1. The monoisotopic (exact) mass is 246 g/mol. The minimum atomic E-state index is 0.269. The Labute approximate surface area is 109 Å². The second-order valence-corrected chi connectivity index (χ2v) is 5.48. The third-order valence-electron chi connectivity index (χ3n) is 3.81. The van der Waals surface area contributed by atoms with Crippen LogP contribution in [0.2, 0.25) is 0 Å². The summed E-state index contributed by atoms with van der Waals surface area (Å²) in [6.45, 7) is 6.57. The number of nitrogens with zero attached hydrogens (tertiary/aromatic N) is 1. The van der Waals surface area contributed by atoms with Crippen LogP contribution in [0.25, 0.3) is 0 Å². The van der Waals surface area contributed by atoms with Gasteiger partial charge < -0.3 is 10.1 Å². The summed E-state index contributed by atoms with van der Waals surface area (Å²) in [5.74, 6) is 0.996. The molecule has 3 rings (SSSR count). The van der Waals surface area contributed by atoms with Gasteiger partial charge in [-0.2, -0.15) is 0 Å². The van der Waals surface area contributed by atoms with E-state index in [2.05, 4.69) is 35.3 Å². The number of rotatable bonds is 2. The molecule has 1 fully saturated rings. The second kappa shape index (κ2) is 5.19. The highest BCUT2D eigenvalue weighted by Crippen LogP contribution is 2.30. The second-order valence-electron chi connectivity index (χ2n) is 5.48. The van der Waals surface area contributed by atoms with Gasteiger partial charge in [0.05, 0.1) is 12.2 Å². The number of hydrogen-bond acceptors (Lipinski definition) is 3. The van der Waals surface area contributed by atoms with Crippen LogP contribution in [0.4, 0.5) is 5.69 Å². The number of fused-ring (bicyclic) bond motifs is 1. The van der Waals surface area contributed by atoms with E-state index in [1.165, 1.54) is 37.9 Å². The molecule has 98 valence electrons. The van der Waals surface area contributed by atoms with Crippen LogP contribution in [-0.4, -0.2) is 30.6 Å². The molecule has 1 saturated heterocycles. The van der Waals surface area contributed by atoms with Crippen molar-refractivity contribution in [1.29, 1.82) is 0 Å². The molecule has 2 aliphatic heterocycles. The largest absolute Gasteiger partial charge is 0.487 e. The number of hydrogen-bond donors (Lipinski definition) is 1. The van der Waals surface area contributed by atoms with Gasteiger partial charge in [0.2, 0.25) is 0 Å². The first-order valence-electron chi connectivity index (χ1n) is 7.07. The molecule has 0 radical (unpaired) electrons. The van der Waals surface area contributed by atoms with Crippen molar-refractivity contribution in [2.45, 2.75) is 38.8 Å². The van der Waals surface area contributed by atoms with Crippen LogP contribution in [0, 0.1) is 0 Å². The van der Waals surface area contributed by atoms with E-state index in [-0.39, 0.29) is 6.10 Å². The highest BCUT2D eigenvalue weighted by molar-refractivity contribution is 5.59. The molecule has 1 atom stereocenters. The lowest BCUT2D eigenvalue weighted by molar-refractivity contribution is 0.219. The van der Waals surface area contributed by atoms with Gasteiger partial charge in [0, 0.05) is 6.54 Å². The standard InChI is InChI=1S/C15H22N2O/c1-12-10-16-14-9-13(5-6-15(14)18-12)11-17-7-3-2-4-8-17/h5-6,9,12,16H,2-4,7-8,10-11H2,1H3. The number of ether oxygens (including phenoxy) is 1. The van der Waals surface area contributed by atoms with Gasteiger partial charge in [-0.05, 0) is 50.6 Å². The van der Waals surface area contributed by atoms with Crippen LogP contribution in [0.1, 0.15) is 31.7 Å². The molecule has 3 heteroatoms. The number of piperidine rings is 1. The van der Waals surface area contributed by atoms with Crippen LogP contribution < -0.4 is 10.1 Å². The van der Waals surface area contributed by atoms with Crippen LogP contribution in [0.15, 0.2) is 18.2 Å². The van der Waals surface area contributed by atoms with Crippen molar-refractivity contribution < 1.29 is 4.74 Å². The van der Waals surface area contributed by atoms with Gasteiger partial charge in [-0.3, -0.25) is 4.90 Å². The molecule has 0 aromatic heterocycles. The highest BCUT2D eigenvalue weighted by Gasteiger charge is 2.16. The van der Waals surface area contributed by atoms with Crippen molar-refractivity contribution >= 4 is 5.69 Å². The summed E-state index contributed by atoms with van der Waals surface area (Å²) in [5.41, 5.74) is 2.55. The van der Waals surface area contributed by atoms with Crippen LogP contribution in [0.3, 0.4) is 0 Å². The van der Waals surface area contributed by atoms with E-state index in [0.717, 1.165) is 24.5 Å². The Morgan fingerprint density at radius 3 is 2.94 bits per heavy atom. The van der Waals surface area contributed by atoms with E-state index in [0.29, 0.717) is 0 Å². The van der Waals surface area contributed by atoms with E-state index in [1.807, 2.05) is 0 Å². The first-order chi connectivity index (χ1) is 8.81. The van der Waals surface area contributed by atoms with Gasteiger partial charge in [-0.1, -0.05) is 12.5 Å². The van der Waals surface area contributed by atoms with Crippen molar-refractivity contribution in [2.75, 3.05) is 25.0 Å². The first kappa shape index (κ1) is 11.8. The quantitative estimate of drug-likeness (QED) is 0.868. The Kier molecular flexibility index (Phi) is 3.41. The normalized spacial score (nSPS) is 23.9. The summed E-state index contributed by atoms with van der Waals surface area (Å²) >= 11 is 0. The van der Waals surface area contributed by atoms with Crippen molar-refractivity contribution in [3.05, 3.63) is 23.8 Å². The van der Waals surface area contributed by atoms with Crippen LogP contribution >= 0.6 is 0 Å². The van der Waals surface area contributed by atoms with Gasteiger partial charge in [0.25, 0.3) is 0 Å². The zero-order chi connectivity index (χ0) is 12.4. The van der Waals surface area contributed by atoms with Crippen LogP contribution in [0.5, 0.6) is 5.75 Å². The van der Waals surface area contributed by atoms with Crippen molar-refractivity contribution in [2.24, 2.45) is 0 Å². The molecule has 18 heavy (non-hydrogen) atoms. The maximum atomic E-state index is 5.80. The van der Waals surface area contributed by atoms with Crippen molar-refractivity contribution in [1.82, 2.24) is 4.90 Å². The highest BCUT2D eigenvalue weighted by atomic mass is 16.5.